The molecule has 1 aliphatic heterocycles. The number of benzene rings is 2. The molecule has 0 aliphatic carbocycles. The van der Waals surface area contributed by atoms with Gasteiger partial charge in [-0.25, -0.2) is 4.39 Å². The molecule has 0 saturated carbocycles. The first-order valence-electron chi connectivity index (χ1n) is 11.9. The Hall–Kier alpha value is -3.84. The van der Waals surface area contributed by atoms with Crippen LogP contribution < -0.4 is 5.32 Å². The Morgan fingerprint density at radius 1 is 1.09 bits per heavy atom. The van der Waals surface area contributed by atoms with Crippen molar-refractivity contribution in [1.82, 2.24) is 25.4 Å². The Kier molecular flexibility index (Phi) is 6.68. The molecule has 0 unspecified atom stereocenters. The molecule has 4 aromatic rings. The van der Waals surface area contributed by atoms with E-state index >= 15 is 0 Å². The Bertz CT molecular complexity index is 1290. The largest absolute Gasteiger partial charge is 0.349 e. The maximum absolute atomic E-state index is 13.5. The molecule has 2 aromatic heterocycles. The lowest BCUT2D eigenvalue weighted by molar-refractivity contribution is 0.0908. The third kappa shape index (κ3) is 5.46. The molecule has 2 aromatic carbocycles. The minimum absolute atomic E-state index is 0.127. The standard InChI is InChI=1S/C28H28FN5O/c1-19-5-7-20(8-6-19)27-23(17-31-33-27)18-34-13-11-25(12-14-34)32-28(35)22-9-10-26(30-16-22)21-3-2-4-24(29)15-21/h2-10,15-17,25H,11-14,18H2,1H3,(H,31,33)(H,32,35). The van der Waals surface area contributed by atoms with Gasteiger partial charge in [0.2, 0.25) is 0 Å². The number of hydrogen-bond donors (Lipinski definition) is 2. The van der Waals surface area contributed by atoms with Crippen molar-refractivity contribution in [3.63, 3.8) is 0 Å². The van der Waals surface area contributed by atoms with Crippen LogP contribution in [0, 0.1) is 12.7 Å². The number of piperidine rings is 1. The molecule has 1 amide bonds. The fourth-order valence-electron chi connectivity index (χ4n) is 4.49. The molecule has 5 rings (SSSR count). The quantitative estimate of drug-likeness (QED) is 0.418. The average molecular weight is 470 g/mol. The number of carbonyl (C=O) groups is 1. The van der Waals surface area contributed by atoms with Crippen LogP contribution in [0.15, 0.2) is 73.1 Å². The van der Waals surface area contributed by atoms with Crippen LogP contribution in [0.5, 0.6) is 0 Å². The van der Waals surface area contributed by atoms with E-state index in [0.29, 0.717) is 16.8 Å². The van der Waals surface area contributed by atoms with Gasteiger partial charge in [-0.05, 0) is 44.0 Å². The summed E-state index contributed by atoms with van der Waals surface area (Å²) in [5, 5.41) is 10.6. The van der Waals surface area contributed by atoms with Crippen LogP contribution in [-0.2, 0) is 6.54 Å². The summed E-state index contributed by atoms with van der Waals surface area (Å²) in [4.78, 5) is 19.5. The first kappa shape index (κ1) is 22.9. The number of likely N-dealkylation sites (tertiary alicyclic amines) is 1. The third-order valence-electron chi connectivity index (χ3n) is 6.51. The number of carbonyl (C=O) groups excluding carboxylic acids is 1. The van der Waals surface area contributed by atoms with Crippen molar-refractivity contribution >= 4 is 5.91 Å². The zero-order valence-corrected chi connectivity index (χ0v) is 19.7. The molecule has 0 bridgehead atoms. The van der Waals surface area contributed by atoms with Crippen LogP contribution >= 0.6 is 0 Å². The summed E-state index contributed by atoms with van der Waals surface area (Å²) in [5.74, 6) is -0.435. The number of nitrogens with zero attached hydrogens (tertiary/aromatic N) is 3. The maximum Gasteiger partial charge on any atom is 0.253 e. The zero-order chi connectivity index (χ0) is 24.2. The SMILES string of the molecule is Cc1ccc(-c2n[nH]cc2CN2CCC(NC(=O)c3ccc(-c4cccc(F)c4)nc3)CC2)cc1. The van der Waals surface area contributed by atoms with Crippen LogP contribution in [0.25, 0.3) is 22.5 Å². The van der Waals surface area contributed by atoms with E-state index in [9.17, 15) is 9.18 Å². The van der Waals surface area contributed by atoms with Gasteiger partial charge in [0.25, 0.3) is 5.91 Å². The molecule has 178 valence electrons. The van der Waals surface area contributed by atoms with E-state index in [1.54, 1.807) is 30.5 Å². The molecule has 1 aliphatic rings. The molecular weight excluding hydrogens is 441 g/mol. The highest BCUT2D eigenvalue weighted by Crippen LogP contribution is 2.24. The van der Waals surface area contributed by atoms with E-state index in [4.69, 9.17) is 0 Å². The summed E-state index contributed by atoms with van der Waals surface area (Å²) in [5.41, 5.74) is 6.36. The van der Waals surface area contributed by atoms with Gasteiger partial charge < -0.3 is 5.32 Å². The number of aromatic amines is 1. The zero-order valence-electron chi connectivity index (χ0n) is 19.7. The van der Waals surface area contributed by atoms with Crippen molar-refractivity contribution in [2.45, 2.75) is 32.4 Å². The predicted molar refractivity (Wildman–Crippen MR) is 134 cm³/mol. The summed E-state index contributed by atoms with van der Waals surface area (Å²) in [6, 6.07) is 18.3. The lowest BCUT2D eigenvalue weighted by atomic mass is 10.0. The number of rotatable bonds is 6. The second-order valence-electron chi connectivity index (χ2n) is 9.09. The molecule has 0 atom stereocenters. The molecule has 0 radical (unpaired) electrons. The Balaban J connectivity index is 1.14. The minimum atomic E-state index is -0.309. The molecule has 3 heterocycles. The van der Waals surface area contributed by atoms with E-state index in [0.717, 1.165) is 43.7 Å². The van der Waals surface area contributed by atoms with Crippen molar-refractivity contribution in [3.05, 3.63) is 95.6 Å². The molecule has 2 N–H and O–H groups in total. The fraction of sp³-hybridized carbons (Fsp3) is 0.250. The van der Waals surface area contributed by atoms with Gasteiger partial charge in [0.05, 0.1) is 17.0 Å². The molecule has 6 nitrogen and oxygen atoms in total. The van der Waals surface area contributed by atoms with Crippen LogP contribution in [0.4, 0.5) is 4.39 Å². The Morgan fingerprint density at radius 3 is 2.60 bits per heavy atom. The lowest BCUT2D eigenvalue weighted by Crippen LogP contribution is -2.44. The highest BCUT2D eigenvalue weighted by molar-refractivity contribution is 5.94. The smallest absolute Gasteiger partial charge is 0.253 e. The number of pyridine rings is 1. The van der Waals surface area contributed by atoms with Gasteiger partial charge in [-0.1, -0.05) is 42.0 Å². The summed E-state index contributed by atoms with van der Waals surface area (Å²) in [7, 11) is 0. The van der Waals surface area contributed by atoms with Crippen molar-refractivity contribution in [1.29, 1.82) is 0 Å². The normalized spacial score (nSPS) is 14.7. The summed E-state index contributed by atoms with van der Waals surface area (Å²) in [6.45, 7) is 4.71. The predicted octanol–water partition coefficient (Wildman–Crippen LogP) is 4.98. The molecule has 35 heavy (non-hydrogen) atoms. The van der Waals surface area contributed by atoms with E-state index in [-0.39, 0.29) is 17.8 Å². The Morgan fingerprint density at radius 2 is 1.89 bits per heavy atom. The van der Waals surface area contributed by atoms with Crippen molar-refractivity contribution < 1.29 is 9.18 Å². The maximum atomic E-state index is 13.5. The fourth-order valence-corrected chi connectivity index (χ4v) is 4.49. The number of aromatic nitrogens is 3. The number of halogens is 1. The summed E-state index contributed by atoms with van der Waals surface area (Å²) < 4.78 is 13.5. The highest BCUT2D eigenvalue weighted by atomic mass is 19.1. The van der Waals surface area contributed by atoms with Gasteiger partial charge in [0.1, 0.15) is 5.82 Å². The number of H-pyrrole nitrogens is 1. The number of aryl methyl sites for hydroxylation is 1. The number of nitrogens with one attached hydrogen (secondary N) is 2. The van der Waals surface area contributed by atoms with Crippen molar-refractivity contribution in [3.8, 4) is 22.5 Å². The number of amides is 1. The molecular formula is C28H28FN5O. The molecule has 1 fully saturated rings. The van der Waals surface area contributed by atoms with Gasteiger partial charge in [-0.2, -0.15) is 5.10 Å². The van der Waals surface area contributed by atoms with Gasteiger partial charge in [-0.15, -0.1) is 0 Å². The van der Waals surface area contributed by atoms with Crippen LogP contribution in [0.1, 0.15) is 34.3 Å². The summed E-state index contributed by atoms with van der Waals surface area (Å²) >= 11 is 0. The first-order valence-corrected chi connectivity index (χ1v) is 11.9. The van der Waals surface area contributed by atoms with Crippen LogP contribution in [0.2, 0.25) is 0 Å². The van der Waals surface area contributed by atoms with Crippen LogP contribution in [-0.4, -0.2) is 45.1 Å². The van der Waals surface area contributed by atoms with Gasteiger partial charge in [0, 0.05) is 54.8 Å². The van der Waals surface area contributed by atoms with Gasteiger partial charge in [-0.3, -0.25) is 19.8 Å². The third-order valence-corrected chi connectivity index (χ3v) is 6.51. The lowest BCUT2D eigenvalue weighted by Gasteiger charge is -2.32. The van der Waals surface area contributed by atoms with Crippen molar-refractivity contribution in [2.24, 2.45) is 0 Å². The first-order chi connectivity index (χ1) is 17.0. The molecule has 0 spiro atoms. The van der Waals surface area contributed by atoms with Gasteiger partial charge in [0.15, 0.2) is 0 Å². The second kappa shape index (κ2) is 10.2. The molecule has 7 heteroatoms. The highest BCUT2D eigenvalue weighted by Gasteiger charge is 2.22. The van der Waals surface area contributed by atoms with E-state index in [1.165, 1.54) is 23.3 Å². The Labute approximate surface area is 204 Å². The second-order valence-corrected chi connectivity index (χ2v) is 9.09. The van der Waals surface area contributed by atoms with Crippen molar-refractivity contribution in [2.75, 3.05) is 13.1 Å². The van der Waals surface area contributed by atoms with E-state index < -0.39 is 0 Å². The van der Waals surface area contributed by atoms with Gasteiger partial charge >= 0.3 is 0 Å². The molecule has 1 saturated heterocycles. The van der Waals surface area contributed by atoms with Crippen LogP contribution in [0.3, 0.4) is 0 Å². The summed E-state index contributed by atoms with van der Waals surface area (Å²) in [6.07, 6.45) is 5.30. The number of hydrogen-bond acceptors (Lipinski definition) is 4. The van der Waals surface area contributed by atoms with E-state index in [2.05, 4.69) is 56.6 Å². The topological polar surface area (TPSA) is 73.9 Å². The average Bonchev–Trinajstić information content (AvgIpc) is 3.34. The monoisotopic (exact) mass is 469 g/mol. The minimum Gasteiger partial charge on any atom is -0.349 e. The van der Waals surface area contributed by atoms with E-state index in [1.807, 2.05) is 6.20 Å².